The summed E-state index contributed by atoms with van der Waals surface area (Å²) in [6, 6.07) is 8.26. The minimum Gasteiger partial charge on any atom is -0.300 e. The number of benzene rings is 1. The fourth-order valence-electron chi connectivity index (χ4n) is 6.20. The van der Waals surface area contributed by atoms with Gasteiger partial charge in [0.05, 0.1) is 18.0 Å². The lowest BCUT2D eigenvalue weighted by molar-refractivity contribution is -0.725. The normalized spacial score (nSPS) is 24.4. The highest BCUT2D eigenvalue weighted by Crippen LogP contribution is 2.57. The van der Waals surface area contributed by atoms with E-state index >= 15 is 0 Å². The molecule has 1 aromatic carbocycles. The van der Waals surface area contributed by atoms with Crippen LogP contribution < -0.4 is 4.90 Å². The molecule has 0 aromatic heterocycles. The van der Waals surface area contributed by atoms with Crippen molar-refractivity contribution in [1.29, 1.82) is 16.2 Å². The molecular formula is C31H41N4+. The smallest absolute Gasteiger partial charge is 0.185 e. The summed E-state index contributed by atoms with van der Waals surface area (Å²) in [6.45, 7) is 14.2. The fourth-order valence-corrected chi connectivity index (χ4v) is 6.20. The van der Waals surface area contributed by atoms with Gasteiger partial charge in [-0.25, -0.2) is 0 Å². The Bertz CT molecular complexity index is 1200. The average Bonchev–Trinajstić information content (AvgIpc) is 2.80. The number of nitrogens with one attached hydrogen (secondary N) is 4. The molecule has 4 nitrogen and oxygen atoms in total. The first-order chi connectivity index (χ1) is 16.5. The molecule has 0 fully saturated rings. The van der Waals surface area contributed by atoms with E-state index < -0.39 is 0 Å². The number of hydrogen-bond donors (Lipinski definition) is 4. The van der Waals surface area contributed by atoms with Gasteiger partial charge in [-0.2, -0.15) is 0 Å². The Morgan fingerprint density at radius 2 is 1.80 bits per heavy atom. The molecule has 2 unspecified atom stereocenters. The summed E-state index contributed by atoms with van der Waals surface area (Å²) in [7, 11) is 0. The molecule has 2 atom stereocenters. The van der Waals surface area contributed by atoms with Crippen molar-refractivity contribution < 1.29 is 4.90 Å². The Hall–Kier alpha value is -2.85. The lowest BCUT2D eigenvalue weighted by atomic mass is 9.53. The lowest BCUT2D eigenvalue weighted by Crippen LogP contribution is -3.06. The second kappa shape index (κ2) is 9.31. The molecule has 0 amide bonds. The van der Waals surface area contributed by atoms with Crippen LogP contribution in [0.5, 0.6) is 0 Å². The summed E-state index contributed by atoms with van der Waals surface area (Å²) < 4.78 is 0. The molecule has 0 saturated carbocycles. The van der Waals surface area contributed by atoms with Gasteiger partial charge in [-0.3, -0.25) is 21.1 Å². The summed E-state index contributed by atoms with van der Waals surface area (Å²) >= 11 is 0. The van der Waals surface area contributed by atoms with Crippen LogP contribution in [0.3, 0.4) is 0 Å². The molecule has 0 aliphatic heterocycles. The SMILES string of the molecule is Cc1ccccc1[NH+](C=N)CCCC1=C(C(C)C)C(=N)C2=C(C1=N)C1=CCCC(C)(C)C1(C)C=C2. The van der Waals surface area contributed by atoms with Gasteiger partial charge >= 0.3 is 0 Å². The third kappa shape index (κ3) is 4.12. The van der Waals surface area contributed by atoms with Gasteiger partial charge in [-0.15, -0.1) is 0 Å². The molecule has 4 heteroatoms. The van der Waals surface area contributed by atoms with Crippen molar-refractivity contribution >= 4 is 23.4 Å². The average molecular weight is 470 g/mol. The third-order valence-corrected chi connectivity index (χ3v) is 8.74. The number of quaternary nitrogens is 1. The van der Waals surface area contributed by atoms with E-state index in [1.165, 1.54) is 17.5 Å². The Morgan fingerprint density at radius 3 is 2.46 bits per heavy atom. The van der Waals surface area contributed by atoms with Gasteiger partial charge in [0.25, 0.3) is 0 Å². The highest BCUT2D eigenvalue weighted by Gasteiger charge is 2.48. The van der Waals surface area contributed by atoms with E-state index in [1.54, 1.807) is 0 Å². The summed E-state index contributed by atoms with van der Waals surface area (Å²) in [4.78, 5) is 1.04. The van der Waals surface area contributed by atoms with E-state index in [2.05, 4.69) is 71.9 Å². The van der Waals surface area contributed by atoms with Crippen LogP contribution in [-0.2, 0) is 0 Å². The van der Waals surface area contributed by atoms with Crippen molar-refractivity contribution in [3.8, 4) is 0 Å². The summed E-state index contributed by atoms with van der Waals surface area (Å²) in [5.41, 5.74) is 8.73. The first-order valence-corrected chi connectivity index (χ1v) is 13.0. The van der Waals surface area contributed by atoms with Crippen molar-refractivity contribution in [3.05, 3.63) is 75.9 Å². The number of rotatable bonds is 7. The standard InChI is InChI=1S/C31H40N4/c1-20(2)26-22(12-10-18-35(19-32)25-14-8-7-11-21(25)3)29(34)27-23(28(26)33)15-17-31(6)24(27)13-9-16-30(31,4)5/h7-8,11,13-15,17,19-20,32-34H,9-10,12,16,18H2,1-6H3/p+1. The number of hydrogen-bond acceptors (Lipinski definition) is 3. The molecule has 0 bridgehead atoms. The van der Waals surface area contributed by atoms with Gasteiger partial charge in [-0.05, 0) is 60.3 Å². The fraction of sp³-hybridized carbons (Fsp3) is 0.452. The van der Waals surface area contributed by atoms with Gasteiger partial charge < -0.3 is 0 Å². The second-order valence-electron chi connectivity index (χ2n) is 11.5. The molecule has 0 radical (unpaired) electrons. The maximum absolute atomic E-state index is 9.41. The minimum absolute atomic E-state index is 0.109. The molecule has 184 valence electrons. The zero-order valence-electron chi connectivity index (χ0n) is 22.2. The largest absolute Gasteiger partial charge is 0.300 e. The summed E-state index contributed by atoms with van der Waals surface area (Å²) in [5.74, 6) is 0.188. The van der Waals surface area contributed by atoms with E-state index in [9.17, 15) is 10.8 Å². The van der Waals surface area contributed by atoms with Crippen LogP contribution in [0.25, 0.3) is 0 Å². The third-order valence-electron chi connectivity index (χ3n) is 8.74. The predicted molar refractivity (Wildman–Crippen MR) is 147 cm³/mol. The van der Waals surface area contributed by atoms with E-state index in [4.69, 9.17) is 5.41 Å². The quantitative estimate of drug-likeness (QED) is 0.199. The van der Waals surface area contributed by atoms with E-state index in [-0.39, 0.29) is 16.7 Å². The molecule has 0 saturated heterocycles. The van der Waals surface area contributed by atoms with E-state index in [0.717, 1.165) is 65.1 Å². The van der Waals surface area contributed by atoms with Crippen LogP contribution >= 0.6 is 0 Å². The van der Waals surface area contributed by atoms with Gasteiger partial charge in [0.15, 0.2) is 6.34 Å². The van der Waals surface area contributed by atoms with Gasteiger partial charge in [0.2, 0.25) is 0 Å². The highest BCUT2D eigenvalue weighted by atomic mass is 15.1. The Labute approximate surface area is 211 Å². The predicted octanol–water partition coefficient (Wildman–Crippen LogP) is 6.52. The van der Waals surface area contributed by atoms with Gasteiger partial charge in [-0.1, -0.05) is 71.0 Å². The van der Waals surface area contributed by atoms with Crippen molar-refractivity contribution in [1.82, 2.24) is 0 Å². The molecular weight excluding hydrogens is 428 g/mol. The van der Waals surface area contributed by atoms with Crippen LogP contribution in [0, 0.1) is 39.9 Å². The lowest BCUT2D eigenvalue weighted by Gasteiger charge is -2.50. The van der Waals surface area contributed by atoms with Crippen LogP contribution in [-0.4, -0.2) is 24.3 Å². The number of allylic oxidation sites excluding steroid dienone is 8. The number of fused-ring (bicyclic) bond motifs is 2. The van der Waals surface area contributed by atoms with E-state index in [1.807, 2.05) is 12.1 Å². The van der Waals surface area contributed by atoms with Crippen molar-refractivity contribution in [2.45, 2.75) is 67.2 Å². The summed E-state index contributed by atoms with van der Waals surface area (Å²) in [6.07, 6.45) is 12.0. The van der Waals surface area contributed by atoms with Crippen molar-refractivity contribution in [3.63, 3.8) is 0 Å². The highest BCUT2D eigenvalue weighted by molar-refractivity contribution is 6.30. The first-order valence-electron chi connectivity index (χ1n) is 13.0. The molecule has 0 heterocycles. The number of aryl methyl sites for hydroxylation is 1. The number of para-hydroxylation sites is 1. The Morgan fingerprint density at radius 1 is 1.09 bits per heavy atom. The van der Waals surface area contributed by atoms with Crippen LogP contribution in [0.15, 0.2) is 70.4 Å². The van der Waals surface area contributed by atoms with Crippen LogP contribution in [0.4, 0.5) is 5.69 Å². The molecule has 35 heavy (non-hydrogen) atoms. The molecule has 0 spiro atoms. The maximum Gasteiger partial charge on any atom is 0.185 e. The van der Waals surface area contributed by atoms with Gasteiger partial charge in [0.1, 0.15) is 5.69 Å². The monoisotopic (exact) mass is 469 g/mol. The Kier molecular flexibility index (Phi) is 6.72. The maximum atomic E-state index is 9.41. The summed E-state index contributed by atoms with van der Waals surface area (Å²) in [5, 5.41) is 26.6. The molecule has 3 aliphatic carbocycles. The van der Waals surface area contributed by atoms with Crippen LogP contribution in [0.2, 0.25) is 0 Å². The Balaban J connectivity index is 1.65. The second-order valence-corrected chi connectivity index (χ2v) is 11.5. The van der Waals surface area contributed by atoms with Crippen molar-refractivity contribution in [2.75, 3.05) is 6.54 Å². The zero-order chi connectivity index (χ0) is 25.5. The first kappa shape index (κ1) is 25.2. The molecule has 3 aliphatic rings. The van der Waals surface area contributed by atoms with Gasteiger partial charge in [0, 0.05) is 28.5 Å². The van der Waals surface area contributed by atoms with E-state index in [0.29, 0.717) is 11.4 Å². The zero-order valence-corrected chi connectivity index (χ0v) is 22.2. The molecule has 4 N–H and O–H groups in total. The molecule has 1 aromatic rings. The van der Waals surface area contributed by atoms with Crippen LogP contribution in [0.1, 0.15) is 65.9 Å². The topological polar surface area (TPSA) is 76.0 Å². The minimum atomic E-state index is -0.122. The molecule has 4 rings (SSSR count). The van der Waals surface area contributed by atoms with Crippen molar-refractivity contribution in [2.24, 2.45) is 16.7 Å².